The molecule has 0 aliphatic rings. The first-order chi connectivity index (χ1) is 9.35. The quantitative estimate of drug-likeness (QED) is 0.769. The van der Waals surface area contributed by atoms with Crippen molar-refractivity contribution in [3.05, 3.63) is 23.9 Å². The van der Waals surface area contributed by atoms with Crippen LogP contribution in [-0.2, 0) is 16.6 Å². The Morgan fingerprint density at radius 2 is 1.95 bits per heavy atom. The highest BCUT2D eigenvalue weighted by atomic mass is 32.2. The number of pyridine rings is 1. The summed E-state index contributed by atoms with van der Waals surface area (Å²) in [5, 5.41) is 3.25. The van der Waals surface area contributed by atoms with Crippen LogP contribution in [0, 0.1) is 5.92 Å². The van der Waals surface area contributed by atoms with Crippen LogP contribution in [0.25, 0.3) is 0 Å². The molecule has 0 amide bonds. The van der Waals surface area contributed by atoms with Gasteiger partial charge in [0.2, 0.25) is 0 Å². The van der Waals surface area contributed by atoms with E-state index in [1.165, 1.54) is 0 Å². The largest absolute Gasteiger partial charge is 0.313 e. The Labute approximate surface area is 122 Å². The van der Waals surface area contributed by atoms with Gasteiger partial charge in [-0.1, -0.05) is 26.8 Å². The van der Waals surface area contributed by atoms with Crippen molar-refractivity contribution in [2.24, 2.45) is 5.92 Å². The molecular formula is C14H25N3O2S. The summed E-state index contributed by atoms with van der Waals surface area (Å²) in [6.07, 6.45) is 2.40. The SMILES string of the molecule is CCNCc1ccc(S(=O)(=O)NC(C)CC(C)C)nc1. The van der Waals surface area contributed by atoms with Gasteiger partial charge in [-0.25, -0.2) is 18.1 Å². The summed E-state index contributed by atoms with van der Waals surface area (Å²) in [4.78, 5) is 4.05. The first-order valence-electron chi connectivity index (χ1n) is 7.03. The summed E-state index contributed by atoms with van der Waals surface area (Å²) in [6.45, 7) is 9.59. The molecule has 1 unspecified atom stereocenters. The van der Waals surface area contributed by atoms with E-state index in [1.54, 1.807) is 18.3 Å². The Balaban J connectivity index is 2.72. The van der Waals surface area contributed by atoms with Crippen molar-refractivity contribution in [1.82, 2.24) is 15.0 Å². The first kappa shape index (κ1) is 17.1. The van der Waals surface area contributed by atoms with E-state index in [2.05, 4.69) is 28.9 Å². The van der Waals surface area contributed by atoms with Gasteiger partial charge < -0.3 is 5.32 Å². The zero-order valence-corrected chi connectivity index (χ0v) is 13.5. The molecule has 0 saturated heterocycles. The van der Waals surface area contributed by atoms with E-state index in [0.717, 1.165) is 18.5 Å². The van der Waals surface area contributed by atoms with E-state index < -0.39 is 10.0 Å². The Morgan fingerprint density at radius 3 is 2.45 bits per heavy atom. The van der Waals surface area contributed by atoms with Crippen LogP contribution in [-0.4, -0.2) is 26.0 Å². The topological polar surface area (TPSA) is 71.1 Å². The zero-order chi connectivity index (χ0) is 15.2. The van der Waals surface area contributed by atoms with Gasteiger partial charge in [0.05, 0.1) is 0 Å². The van der Waals surface area contributed by atoms with Gasteiger partial charge in [0.15, 0.2) is 5.03 Å². The molecule has 6 heteroatoms. The van der Waals surface area contributed by atoms with Crippen LogP contribution in [0.5, 0.6) is 0 Å². The molecule has 0 bridgehead atoms. The Morgan fingerprint density at radius 1 is 1.25 bits per heavy atom. The summed E-state index contributed by atoms with van der Waals surface area (Å²) in [5.41, 5.74) is 0.973. The fourth-order valence-corrected chi connectivity index (χ4v) is 3.21. The normalized spacial score (nSPS) is 13.7. The molecule has 5 nitrogen and oxygen atoms in total. The third-order valence-corrected chi connectivity index (χ3v) is 4.34. The van der Waals surface area contributed by atoms with E-state index in [4.69, 9.17) is 0 Å². The van der Waals surface area contributed by atoms with Crippen LogP contribution in [0.2, 0.25) is 0 Å². The molecule has 2 N–H and O–H groups in total. The molecule has 0 aliphatic carbocycles. The number of rotatable bonds is 8. The minimum absolute atomic E-state index is 0.0772. The lowest BCUT2D eigenvalue weighted by Gasteiger charge is -2.15. The van der Waals surface area contributed by atoms with Crippen molar-refractivity contribution >= 4 is 10.0 Å². The summed E-state index contributed by atoms with van der Waals surface area (Å²) in [6, 6.07) is 3.25. The molecule has 0 saturated carbocycles. The minimum Gasteiger partial charge on any atom is -0.313 e. The molecule has 1 aromatic heterocycles. The molecule has 0 aliphatic heterocycles. The average molecular weight is 299 g/mol. The zero-order valence-electron chi connectivity index (χ0n) is 12.7. The highest BCUT2D eigenvalue weighted by Crippen LogP contribution is 2.10. The van der Waals surface area contributed by atoms with Crippen LogP contribution in [0.4, 0.5) is 0 Å². The fraction of sp³-hybridized carbons (Fsp3) is 0.643. The Bertz CT molecular complexity index is 498. The predicted molar refractivity (Wildman–Crippen MR) is 80.9 cm³/mol. The molecule has 1 heterocycles. The van der Waals surface area contributed by atoms with E-state index in [-0.39, 0.29) is 11.1 Å². The third kappa shape index (κ3) is 5.56. The predicted octanol–water partition coefficient (Wildman–Crippen LogP) is 1.90. The lowest BCUT2D eigenvalue weighted by Crippen LogP contribution is -2.34. The molecule has 1 aromatic rings. The maximum absolute atomic E-state index is 12.2. The minimum atomic E-state index is -3.52. The molecular weight excluding hydrogens is 274 g/mol. The van der Waals surface area contributed by atoms with Gasteiger partial charge in [0.1, 0.15) is 0 Å². The Kier molecular flexibility index (Phi) is 6.58. The second-order valence-electron chi connectivity index (χ2n) is 5.44. The molecule has 0 spiro atoms. The number of nitrogens with zero attached hydrogens (tertiary/aromatic N) is 1. The lowest BCUT2D eigenvalue weighted by atomic mass is 10.1. The number of hydrogen-bond donors (Lipinski definition) is 2. The summed E-state index contributed by atoms with van der Waals surface area (Å²) in [5.74, 6) is 0.447. The number of hydrogen-bond acceptors (Lipinski definition) is 4. The van der Waals surface area contributed by atoms with Gasteiger partial charge in [-0.05, 0) is 37.4 Å². The van der Waals surface area contributed by atoms with Crippen LogP contribution < -0.4 is 10.0 Å². The van der Waals surface area contributed by atoms with Crippen LogP contribution >= 0.6 is 0 Å². The van der Waals surface area contributed by atoms with Crippen molar-refractivity contribution in [1.29, 1.82) is 0 Å². The van der Waals surface area contributed by atoms with E-state index >= 15 is 0 Å². The third-order valence-electron chi connectivity index (χ3n) is 2.83. The standard InChI is InChI=1S/C14H25N3O2S/c1-5-15-9-13-6-7-14(16-10-13)20(18,19)17-12(4)8-11(2)3/h6-7,10-12,15,17H,5,8-9H2,1-4H3. The lowest BCUT2D eigenvalue weighted by molar-refractivity contribution is 0.481. The first-order valence-corrected chi connectivity index (χ1v) is 8.51. The molecule has 0 aromatic carbocycles. The fourth-order valence-electron chi connectivity index (χ4n) is 2.02. The smallest absolute Gasteiger partial charge is 0.258 e. The number of sulfonamides is 1. The molecule has 1 atom stereocenters. The van der Waals surface area contributed by atoms with Gasteiger partial charge in [0, 0.05) is 18.8 Å². The Hall–Kier alpha value is -0.980. The number of nitrogens with one attached hydrogen (secondary N) is 2. The molecule has 114 valence electrons. The van der Waals surface area contributed by atoms with Crippen LogP contribution in [0.1, 0.15) is 39.7 Å². The van der Waals surface area contributed by atoms with Crippen molar-refractivity contribution in [3.63, 3.8) is 0 Å². The average Bonchev–Trinajstić information content (AvgIpc) is 2.35. The second-order valence-corrected chi connectivity index (χ2v) is 7.10. The van der Waals surface area contributed by atoms with E-state index in [0.29, 0.717) is 12.5 Å². The van der Waals surface area contributed by atoms with Crippen LogP contribution in [0.3, 0.4) is 0 Å². The second kappa shape index (κ2) is 7.71. The molecule has 0 fully saturated rings. The van der Waals surface area contributed by atoms with Crippen LogP contribution in [0.15, 0.2) is 23.4 Å². The van der Waals surface area contributed by atoms with E-state index in [1.807, 2.05) is 13.8 Å². The van der Waals surface area contributed by atoms with Gasteiger partial charge in [-0.2, -0.15) is 0 Å². The highest BCUT2D eigenvalue weighted by Gasteiger charge is 2.19. The maximum atomic E-state index is 12.2. The van der Waals surface area contributed by atoms with Crippen molar-refractivity contribution < 1.29 is 8.42 Å². The molecule has 20 heavy (non-hydrogen) atoms. The van der Waals surface area contributed by atoms with Gasteiger partial charge >= 0.3 is 0 Å². The van der Waals surface area contributed by atoms with Crippen molar-refractivity contribution in [2.45, 2.75) is 51.7 Å². The van der Waals surface area contributed by atoms with Crippen molar-refractivity contribution in [3.8, 4) is 0 Å². The van der Waals surface area contributed by atoms with Crippen molar-refractivity contribution in [2.75, 3.05) is 6.54 Å². The summed E-state index contributed by atoms with van der Waals surface area (Å²) >= 11 is 0. The molecule has 0 radical (unpaired) electrons. The molecule has 1 rings (SSSR count). The number of aromatic nitrogens is 1. The highest BCUT2D eigenvalue weighted by molar-refractivity contribution is 7.89. The summed E-state index contributed by atoms with van der Waals surface area (Å²) < 4.78 is 27.0. The van der Waals surface area contributed by atoms with Gasteiger partial charge in [-0.15, -0.1) is 0 Å². The van der Waals surface area contributed by atoms with Gasteiger partial charge in [0.25, 0.3) is 10.0 Å². The maximum Gasteiger partial charge on any atom is 0.258 e. The monoisotopic (exact) mass is 299 g/mol. The van der Waals surface area contributed by atoms with E-state index in [9.17, 15) is 8.42 Å². The summed E-state index contributed by atoms with van der Waals surface area (Å²) in [7, 11) is -3.52. The van der Waals surface area contributed by atoms with Gasteiger partial charge in [-0.3, -0.25) is 0 Å².